The van der Waals surface area contributed by atoms with E-state index < -0.39 is 0 Å². The molecule has 3 heteroatoms. The fraction of sp³-hybridized carbons (Fsp3) is 0.667. The Morgan fingerprint density at radius 2 is 2.25 bits per heavy atom. The highest BCUT2D eigenvalue weighted by molar-refractivity contribution is 4.88. The van der Waals surface area contributed by atoms with Gasteiger partial charge in [-0.3, -0.25) is 4.90 Å². The van der Waals surface area contributed by atoms with E-state index in [-0.39, 0.29) is 0 Å². The molecule has 0 amide bonds. The Hall–Kier alpha value is -1.03. The summed E-state index contributed by atoms with van der Waals surface area (Å²) in [6.07, 6.45) is 5.68. The topological polar surface area (TPSA) is 36.3 Å². The van der Waals surface area contributed by atoms with Gasteiger partial charge in [0.2, 0.25) is 0 Å². The van der Waals surface area contributed by atoms with Gasteiger partial charge in [-0.2, -0.15) is 5.26 Å². The summed E-state index contributed by atoms with van der Waals surface area (Å²) in [5, 5.41) is 8.35. The summed E-state index contributed by atoms with van der Waals surface area (Å²) in [5.74, 6) is 2.55. The predicted octanol–water partition coefficient (Wildman–Crippen LogP) is 0.482. The van der Waals surface area contributed by atoms with Gasteiger partial charge in [0, 0.05) is 26.6 Å². The van der Waals surface area contributed by atoms with Crippen molar-refractivity contribution in [3.63, 3.8) is 0 Å². The summed E-state index contributed by atoms with van der Waals surface area (Å²) < 4.78 is 4.91. The van der Waals surface area contributed by atoms with Gasteiger partial charge in [0.05, 0.1) is 19.2 Å². The van der Waals surface area contributed by atoms with Crippen molar-refractivity contribution < 1.29 is 4.74 Å². The Bertz CT molecular complexity index is 178. The number of terminal acetylenes is 1. The number of ether oxygens (including phenoxy) is 1. The molecule has 0 aliphatic rings. The number of nitriles is 1. The monoisotopic (exact) mass is 166 g/mol. The molecule has 0 radical (unpaired) electrons. The van der Waals surface area contributed by atoms with Gasteiger partial charge in [0.15, 0.2) is 0 Å². The number of hydrogen-bond donors (Lipinski definition) is 0. The third-order valence-corrected chi connectivity index (χ3v) is 1.47. The Balaban J connectivity index is 3.57. The summed E-state index contributed by atoms with van der Waals surface area (Å²) in [6, 6.07) is 2.08. The number of nitrogens with zero attached hydrogens (tertiary/aromatic N) is 2. The van der Waals surface area contributed by atoms with Crippen LogP contribution >= 0.6 is 0 Å². The van der Waals surface area contributed by atoms with Gasteiger partial charge in [-0.1, -0.05) is 5.92 Å². The third kappa shape index (κ3) is 5.73. The molecule has 0 aromatic heterocycles. The van der Waals surface area contributed by atoms with E-state index in [4.69, 9.17) is 16.4 Å². The maximum atomic E-state index is 8.35. The Morgan fingerprint density at radius 1 is 1.50 bits per heavy atom. The van der Waals surface area contributed by atoms with Gasteiger partial charge in [-0.05, 0) is 0 Å². The molecule has 0 rings (SSSR count). The Morgan fingerprint density at radius 3 is 2.75 bits per heavy atom. The second-order valence-electron chi connectivity index (χ2n) is 2.38. The average Bonchev–Trinajstić information content (AvgIpc) is 2.10. The molecule has 0 saturated heterocycles. The van der Waals surface area contributed by atoms with Crippen LogP contribution in [0.5, 0.6) is 0 Å². The fourth-order valence-corrected chi connectivity index (χ4v) is 0.828. The van der Waals surface area contributed by atoms with Crippen LogP contribution in [0.1, 0.15) is 6.42 Å². The molecule has 3 nitrogen and oxygen atoms in total. The van der Waals surface area contributed by atoms with Gasteiger partial charge in [0.1, 0.15) is 0 Å². The van der Waals surface area contributed by atoms with Gasteiger partial charge < -0.3 is 4.74 Å². The first kappa shape index (κ1) is 11.0. The highest BCUT2D eigenvalue weighted by Crippen LogP contribution is 1.89. The van der Waals surface area contributed by atoms with Crippen LogP contribution < -0.4 is 0 Å². The molecule has 0 aromatic rings. The quantitative estimate of drug-likeness (QED) is 0.538. The molecule has 0 aliphatic carbocycles. The fourth-order valence-electron chi connectivity index (χ4n) is 0.828. The van der Waals surface area contributed by atoms with Crippen molar-refractivity contribution in [2.24, 2.45) is 0 Å². The Kier molecular flexibility index (Phi) is 7.38. The van der Waals surface area contributed by atoms with Gasteiger partial charge >= 0.3 is 0 Å². The van der Waals surface area contributed by atoms with Crippen LogP contribution in [0.15, 0.2) is 0 Å². The largest absolute Gasteiger partial charge is 0.383 e. The van der Waals surface area contributed by atoms with Crippen LogP contribution in [0, 0.1) is 23.7 Å². The van der Waals surface area contributed by atoms with E-state index in [0.29, 0.717) is 19.6 Å². The third-order valence-electron chi connectivity index (χ3n) is 1.47. The van der Waals surface area contributed by atoms with Crippen LogP contribution in [0.25, 0.3) is 0 Å². The van der Waals surface area contributed by atoms with Gasteiger partial charge in [0.25, 0.3) is 0 Å². The summed E-state index contributed by atoms with van der Waals surface area (Å²) in [7, 11) is 1.65. The van der Waals surface area contributed by atoms with E-state index in [0.717, 1.165) is 13.1 Å². The first-order chi connectivity index (χ1) is 5.85. The molecule has 0 bridgehead atoms. The first-order valence-corrected chi connectivity index (χ1v) is 3.86. The van der Waals surface area contributed by atoms with Crippen molar-refractivity contribution >= 4 is 0 Å². The van der Waals surface area contributed by atoms with Crippen molar-refractivity contribution in [1.29, 1.82) is 5.26 Å². The minimum absolute atomic E-state index is 0.519. The van der Waals surface area contributed by atoms with Crippen molar-refractivity contribution in [1.82, 2.24) is 4.90 Å². The highest BCUT2D eigenvalue weighted by atomic mass is 16.5. The molecule has 0 fully saturated rings. The number of methoxy groups -OCH3 is 1. The maximum absolute atomic E-state index is 8.35. The summed E-state index contributed by atoms with van der Waals surface area (Å²) in [6.45, 7) is 2.77. The molecule has 12 heavy (non-hydrogen) atoms. The number of rotatable bonds is 6. The molecule has 0 heterocycles. The van der Waals surface area contributed by atoms with Crippen LogP contribution in [-0.4, -0.2) is 38.3 Å². The normalized spacial score (nSPS) is 9.33. The molecule has 0 aromatic carbocycles. The van der Waals surface area contributed by atoms with Crippen molar-refractivity contribution in [3.8, 4) is 18.4 Å². The lowest BCUT2D eigenvalue weighted by Gasteiger charge is -2.16. The van der Waals surface area contributed by atoms with Crippen LogP contribution in [0.4, 0.5) is 0 Å². The van der Waals surface area contributed by atoms with E-state index in [1.165, 1.54) is 0 Å². The lowest BCUT2D eigenvalue weighted by atomic mass is 10.4. The molecule has 0 N–H and O–H groups in total. The van der Waals surface area contributed by atoms with Crippen molar-refractivity contribution in [3.05, 3.63) is 0 Å². The lowest BCUT2D eigenvalue weighted by Crippen LogP contribution is -2.28. The molecular weight excluding hydrogens is 152 g/mol. The summed E-state index contributed by atoms with van der Waals surface area (Å²) in [5.41, 5.74) is 0. The van der Waals surface area contributed by atoms with Gasteiger partial charge in [-0.15, -0.1) is 6.42 Å². The zero-order valence-corrected chi connectivity index (χ0v) is 7.42. The summed E-state index contributed by atoms with van der Waals surface area (Å²) in [4.78, 5) is 2.02. The van der Waals surface area contributed by atoms with E-state index >= 15 is 0 Å². The van der Waals surface area contributed by atoms with E-state index in [2.05, 4.69) is 12.0 Å². The lowest BCUT2D eigenvalue weighted by molar-refractivity contribution is 0.156. The van der Waals surface area contributed by atoms with Crippen LogP contribution in [-0.2, 0) is 4.74 Å². The molecule has 0 saturated carbocycles. The number of hydrogen-bond acceptors (Lipinski definition) is 3. The molecular formula is C9H14N2O. The zero-order valence-electron chi connectivity index (χ0n) is 7.42. The SMILES string of the molecule is C#CCN(CCC#N)CCOC. The first-order valence-electron chi connectivity index (χ1n) is 3.86. The van der Waals surface area contributed by atoms with E-state index in [9.17, 15) is 0 Å². The smallest absolute Gasteiger partial charge is 0.0635 e. The molecule has 0 aliphatic heterocycles. The second kappa shape index (κ2) is 8.07. The standard InChI is InChI=1S/C9H14N2O/c1-3-6-11(7-4-5-10)8-9-12-2/h1H,4,6-9H2,2H3. The zero-order chi connectivity index (χ0) is 9.23. The van der Waals surface area contributed by atoms with Gasteiger partial charge in [-0.25, -0.2) is 0 Å². The Labute approximate surface area is 73.9 Å². The minimum atomic E-state index is 0.519. The predicted molar refractivity (Wildman–Crippen MR) is 47.4 cm³/mol. The summed E-state index contributed by atoms with van der Waals surface area (Å²) >= 11 is 0. The molecule has 0 spiro atoms. The van der Waals surface area contributed by atoms with Crippen molar-refractivity contribution in [2.45, 2.75) is 6.42 Å². The van der Waals surface area contributed by atoms with Crippen molar-refractivity contribution in [2.75, 3.05) is 33.4 Å². The molecule has 0 atom stereocenters. The highest BCUT2D eigenvalue weighted by Gasteiger charge is 2.00. The molecule has 0 unspecified atom stereocenters. The van der Waals surface area contributed by atoms with Crippen LogP contribution in [0.2, 0.25) is 0 Å². The average molecular weight is 166 g/mol. The van der Waals surface area contributed by atoms with Crippen LogP contribution in [0.3, 0.4) is 0 Å². The minimum Gasteiger partial charge on any atom is -0.383 e. The van der Waals surface area contributed by atoms with E-state index in [1.807, 2.05) is 4.90 Å². The maximum Gasteiger partial charge on any atom is 0.0635 e. The molecule has 66 valence electrons. The second-order valence-corrected chi connectivity index (χ2v) is 2.38. The van der Waals surface area contributed by atoms with E-state index in [1.54, 1.807) is 7.11 Å².